The minimum atomic E-state index is -0.259. The van der Waals surface area contributed by atoms with Crippen molar-refractivity contribution in [3.8, 4) is 0 Å². The third-order valence-electron chi connectivity index (χ3n) is 3.57. The highest BCUT2D eigenvalue weighted by Gasteiger charge is 2.32. The lowest BCUT2D eigenvalue weighted by Crippen LogP contribution is -2.41. The van der Waals surface area contributed by atoms with Gasteiger partial charge in [0, 0.05) is 5.54 Å². The maximum atomic E-state index is 13.8. The first-order chi connectivity index (χ1) is 7.67. The number of halogens is 2. The van der Waals surface area contributed by atoms with Crippen molar-refractivity contribution >= 4 is 11.6 Å². The minimum absolute atomic E-state index is 0.0749. The Morgan fingerprint density at radius 1 is 1.50 bits per heavy atom. The molecule has 2 rings (SSSR count). The van der Waals surface area contributed by atoms with Crippen molar-refractivity contribution in [1.29, 1.82) is 0 Å². The Kier molecular flexibility index (Phi) is 3.50. The van der Waals surface area contributed by atoms with Crippen molar-refractivity contribution in [3.05, 3.63) is 34.6 Å². The summed E-state index contributed by atoms with van der Waals surface area (Å²) in [5.41, 5.74) is 0.801. The normalized spacial score (nSPS) is 24.9. The summed E-state index contributed by atoms with van der Waals surface area (Å²) in [6.45, 7) is 3.19. The van der Waals surface area contributed by atoms with Gasteiger partial charge in [0.25, 0.3) is 0 Å². The molecule has 1 aliphatic heterocycles. The van der Waals surface area contributed by atoms with Crippen molar-refractivity contribution in [2.24, 2.45) is 0 Å². The van der Waals surface area contributed by atoms with E-state index in [0.29, 0.717) is 0 Å². The lowest BCUT2D eigenvalue weighted by molar-refractivity contribution is 0.355. The van der Waals surface area contributed by atoms with E-state index in [1.807, 2.05) is 12.1 Å². The fraction of sp³-hybridized carbons (Fsp3) is 0.538. The highest BCUT2D eigenvalue weighted by molar-refractivity contribution is 6.30. The van der Waals surface area contributed by atoms with Crippen LogP contribution in [0, 0.1) is 5.82 Å². The van der Waals surface area contributed by atoms with Gasteiger partial charge in [-0.1, -0.05) is 30.7 Å². The van der Waals surface area contributed by atoms with Crippen LogP contribution >= 0.6 is 11.6 Å². The van der Waals surface area contributed by atoms with Gasteiger partial charge < -0.3 is 5.32 Å². The summed E-state index contributed by atoms with van der Waals surface area (Å²) in [6, 6.07) is 5.25. The average Bonchev–Trinajstić information content (AvgIpc) is 2.74. The standard InChI is InChI=1S/C13H17ClFN/c1-2-13(7-4-8-16-13)9-10-5-3-6-11(14)12(10)15/h3,5-6,16H,2,4,7-9H2,1H3. The van der Waals surface area contributed by atoms with Crippen molar-refractivity contribution in [1.82, 2.24) is 5.32 Å². The molecule has 0 amide bonds. The van der Waals surface area contributed by atoms with Crippen LogP contribution in [0.1, 0.15) is 31.7 Å². The molecule has 1 saturated heterocycles. The summed E-state index contributed by atoms with van der Waals surface area (Å²) in [5.74, 6) is -0.259. The SMILES string of the molecule is CCC1(Cc2cccc(Cl)c2F)CCCN1. The van der Waals surface area contributed by atoms with Gasteiger partial charge in [0.15, 0.2) is 0 Å². The predicted molar refractivity (Wildman–Crippen MR) is 65.4 cm³/mol. The molecule has 0 spiro atoms. The molecule has 1 aromatic rings. The first-order valence-electron chi connectivity index (χ1n) is 5.85. The first kappa shape index (κ1) is 11.9. The Morgan fingerprint density at radius 2 is 2.31 bits per heavy atom. The van der Waals surface area contributed by atoms with Gasteiger partial charge in [0.1, 0.15) is 5.82 Å². The highest BCUT2D eigenvalue weighted by atomic mass is 35.5. The van der Waals surface area contributed by atoms with Crippen LogP contribution in [0.3, 0.4) is 0 Å². The Balaban J connectivity index is 2.22. The van der Waals surface area contributed by atoms with Crippen LogP contribution in [0.2, 0.25) is 5.02 Å². The molecule has 1 fully saturated rings. The molecule has 0 saturated carbocycles. The fourth-order valence-corrected chi connectivity index (χ4v) is 2.69. The monoisotopic (exact) mass is 241 g/mol. The number of hydrogen-bond donors (Lipinski definition) is 1. The maximum absolute atomic E-state index is 13.8. The molecule has 1 nitrogen and oxygen atoms in total. The van der Waals surface area contributed by atoms with E-state index in [1.54, 1.807) is 6.07 Å². The van der Waals surface area contributed by atoms with Crippen molar-refractivity contribution in [2.75, 3.05) is 6.54 Å². The van der Waals surface area contributed by atoms with Crippen molar-refractivity contribution in [2.45, 2.75) is 38.1 Å². The Hall–Kier alpha value is -0.600. The van der Waals surface area contributed by atoms with Crippen molar-refractivity contribution in [3.63, 3.8) is 0 Å². The quantitative estimate of drug-likeness (QED) is 0.854. The Morgan fingerprint density at radius 3 is 2.94 bits per heavy atom. The van der Waals surface area contributed by atoms with E-state index in [1.165, 1.54) is 6.42 Å². The zero-order valence-electron chi connectivity index (χ0n) is 9.52. The number of hydrogen-bond acceptors (Lipinski definition) is 1. The lowest BCUT2D eigenvalue weighted by atomic mass is 9.87. The van der Waals surface area contributed by atoms with E-state index in [0.717, 1.165) is 31.4 Å². The van der Waals surface area contributed by atoms with Gasteiger partial charge in [-0.2, -0.15) is 0 Å². The molecule has 1 atom stereocenters. The van der Waals surface area contributed by atoms with E-state index in [4.69, 9.17) is 11.6 Å². The van der Waals surface area contributed by atoms with E-state index >= 15 is 0 Å². The summed E-state index contributed by atoms with van der Waals surface area (Å²) in [5, 5.41) is 3.73. The van der Waals surface area contributed by atoms with Crippen LogP contribution in [0.25, 0.3) is 0 Å². The largest absolute Gasteiger partial charge is 0.311 e. The number of rotatable bonds is 3. The van der Waals surface area contributed by atoms with Crippen LogP contribution in [0.4, 0.5) is 4.39 Å². The molecule has 0 bridgehead atoms. The van der Waals surface area contributed by atoms with Gasteiger partial charge in [-0.05, 0) is 43.9 Å². The summed E-state index contributed by atoms with van der Waals surface area (Å²) < 4.78 is 13.8. The molecule has 1 unspecified atom stereocenters. The zero-order valence-corrected chi connectivity index (χ0v) is 10.3. The van der Waals surface area contributed by atoms with Gasteiger partial charge in [0.05, 0.1) is 5.02 Å². The molecule has 1 heterocycles. The first-order valence-corrected chi connectivity index (χ1v) is 6.22. The molecule has 0 aliphatic carbocycles. The van der Waals surface area contributed by atoms with Crippen LogP contribution in [-0.4, -0.2) is 12.1 Å². The molecule has 16 heavy (non-hydrogen) atoms. The van der Waals surface area contributed by atoms with Gasteiger partial charge >= 0.3 is 0 Å². The topological polar surface area (TPSA) is 12.0 Å². The van der Waals surface area contributed by atoms with Gasteiger partial charge in [-0.25, -0.2) is 4.39 Å². The van der Waals surface area contributed by atoms with E-state index < -0.39 is 0 Å². The van der Waals surface area contributed by atoms with E-state index in [2.05, 4.69) is 12.2 Å². The Bertz CT molecular complexity index is 372. The maximum Gasteiger partial charge on any atom is 0.145 e. The van der Waals surface area contributed by atoms with Gasteiger partial charge in [-0.3, -0.25) is 0 Å². The summed E-state index contributed by atoms with van der Waals surface area (Å²) >= 11 is 5.79. The second kappa shape index (κ2) is 4.72. The second-order valence-electron chi connectivity index (χ2n) is 4.55. The molecule has 1 N–H and O–H groups in total. The van der Waals surface area contributed by atoms with Gasteiger partial charge in [-0.15, -0.1) is 0 Å². The van der Waals surface area contributed by atoms with Crippen LogP contribution in [0.5, 0.6) is 0 Å². The molecular weight excluding hydrogens is 225 g/mol. The zero-order chi connectivity index (χ0) is 11.6. The van der Waals surface area contributed by atoms with E-state index in [-0.39, 0.29) is 16.4 Å². The van der Waals surface area contributed by atoms with Gasteiger partial charge in [0.2, 0.25) is 0 Å². The van der Waals surface area contributed by atoms with Crippen LogP contribution in [-0.2, 0) is 6.42 Å². The molecular formula is C13H17ClFN. The fourth-order valence-electron chi connectivity index (χ4n) is 2.50. The summed E-state index contributed by atoms with van der Waals surface area (Å²) in [7, 11) is 0. The third-order valence-corrected chi connectivity index (χ3v) is 3.86. The molecule has 3 heteroatoms. The third kappa shape index (κ3) is 2.23. The Labute approximate surface area is 101 Å². The lowest BCUT2D eigenvalue weighted by Gasteiger charge is -2.28. The minimum Gasteiger partial charge on any atom is -0.311 e. The highest BCUT2D eigenvalue weighted by Crippen LogP contribution is 2.29. The molecule has 1 aliphatic rings. The molecule has 1 aromatic carbocycles. The number of nitrogens with one attached hydrogen (secondary N) is 1. The molecule has 0 radical (unpaired) electrons. The average molecular weight is 242 g/mol. The van der Waals surface area contributed by atoms with E-state index in [9.17, 15) is 4.39 Å². The molecule has 0 aromatic heterocycles. The predicted octanol–water partition coefficient (Wildman–Crippen LogP) is 3.55. The summed E-state index contributed by atoms with van der Waals surface area (Å²) in [4.78, 5) is 0. The summed E-state index contributed by atoms with van der Waals surface area (Å²) in [6.07, 6.45) is 4.06. The van der Waals surface area contributed by atoms with Crippen molar-refractivity contribution < 1.29 is 4.39 Å². The van der Waals surface area contributed by atoms with Crippen LogP contribution < -0.4 is 5.32 Å². The smallest absolute Gasteiger partial charge is 0.145 e. The van der Waals surface area contributed by atoms with Crippen LogP contribution in [0.15, 0.2) is 18.2 Å². The second-order valence-corrected chi connectivity index (χ2v) is 4.96. The molecule has 88 valence electrons. The number of benzene rings is 1.